The highest BCUT2D eigenvalue weighted by Crippen LogP contribution is 2.21. The Kier molecular flexibility index (Phi) is 5.20. The highest BCUT2D eigenvalue weighted by Gasteiger charge is 2.14. The van der Waals surface area contributed by atoms with Crippen LogP contribution in [-0.2, 0) is 32.5 Å². The van der Waals surface area contributed by atoms with Crippen molar-refractivity contribution in [1.29, 1.82) is 0 Å². The number of nitrogens with zero attached hydrogens (tertiary/aromatic N) is 3. The van der Waals surface area contributed by atoms with Crippen LogP contribution in [-0.4, -0.2) is 14.8 Å². The van der Waals surface area contributed by atoms with Gasteiger partial charge in [-0.3, -0.25) is 4.68 Å². The molecule has 5 nitrogen and oxygen atoms in total. The predicted octanol–water partition coefficient (Wildman–Crippen LogP) is 2.96. The molecule has 0 unspecified atom stereocenters. The molecule has 0 saturated heterocycles. The minimum Gasteiger partial charge on any atom is -0.444 e. The molecular weight excluding hydrogens is 276 g/mol. The van der Waals surface area contributed by atoms with Crippen LogP contribution in [0.25, 0.3) is 0 Å². The van der Waals surface area contributed by atoms with E-state index in [1.54, 1.807) is 6.20 Å². The van der Waals surface area contributed by atoms with E-state index in [1.165, 1.54) is 0 Å². The number of aryl methyl sites for hydroxylation is 3. The third kappa shape index (κ3) is 3.22. The Morgan fingerprint density at radius 2 is 2.05 bits per heavy atom. The van der Waals surface area contributed by atoms with E-state index in [0.717, 1.165) is 41.6 Å². The number of nitrogens with one attached hydrogen (secondary N) is 1. The Morgan fingerprint density at radius 3 is 2.65 bits per heavy atom. The molecule has 6 heteroatoms. The summed E-state index contributed by atoms with van der Waals surface area (Å²) >= 11 is 6.35. The largest absolute Gasteiger partial charge is 0.444 e. The average Bonchev–Trinajstić information content (AvgIpc) is 3.04. The van der Waals surface area contributed by atoms with Gasteiger partial charge in [0.25, 0.3) is 0 Å². The first-order chi connectivity index (χ1) is 9.69. The maximum Gasteiger partial charge on any atom is 0.208 e. The normalized spacial score (nSPS) is 11.2. The summed E-state index contributed by atoms with van der Waals surface area (Å²) in [5.41, 5.74) is 1.97. The van der Waals surface area contributed by atoms with Crippen LogP contribution < -0.4 is 5.32 Å². The average molecular weight is 297 g/mol. The Bertz CT molecular complexity index is 562. The van der Waals surface area contributed by atoms with E-state index in [0.29, 0.717) is 19.0 Å². The molecule has 110 valence electrons. The summed E-state index contributed by atoms with van der Waals surface area (Å²) in [5, 5.41) is 8.57. The molecule has 0 bridgehead atoms. The molecule has 0 amide bonds. The van der Waals surface area contributed by atoms with Gasteiger partial charge in [0.1, 0.15) is 5.76 Å². The summed E-state index contributed by atoms with van der Waals surface area (Å²) in [6, 6.07) is 0. The van der Waals surface area contributed by atoms with Gasteiger partial charge in [-0.25, -0.2) is 4.98 Å². The van der Waals surface area contributed by atoms with Crippen LogP contribution in [0.4, 0.5) is 0 Å². The molecule has 2 rings (SSSR count). The first-order valence-corrected chi connectivity index (χ1v) is 7.45. The summed E-state index contributed by atoms with van der Waals surface area (Å²) in [6.07, 6.45) is 3.48. The fourth-order valence-electron chi connectivity index (χ4n) is 2.07. The van der Waals surface area contributed by atoms with Crippen LogP contribution in [0.5, 0.6) is 0 Å². The quantitative estimate of drug-likeness (QED) is 0.853. The predicted molar refractivity (Wildman–Crippen MR) is 78.7 cm³/mol. The second-order valence-corrected chi connectivity index (χ2v) is 4.93. The summed E-state index contributed by atoms with van der Waals surface area (Å²) in [7, 11) is 0. The zero-order chi connectivity index (χ0) is 14.5. The van der Waals surface area contributed by atoms with E-state index in [2.05, 4.69) is 29.2 Å². The first-order valence-electron chi connectivity index (χ1n) is 7.07. The van der Waals surface area contributed by atoms with Crippen molar-refractivity contribution in [3.05, 3.63) is 34.3 Å². The van der Waals surface area contributed by atoms with Gasteiger partial charge in [0, 0.05) is 19.5 Å². The highest BCUT2D eigenvalue weighted by atomic mass is 35.5. The van der Waals surface area contributed by atoms with Crippen LogP contribution in [0.15, 0.2) is 10.6 Å². The fourth-order valence-corrected chi connectivity index (χ4v) is 2.40. The van der Waals surface area contributed by atoms with E-state index in [-0.39, 0.29) is 0 Å². The van der Waals surface area contributed by atoms with Crippen LogP contribution >= 0.6 is 11.6 Å². The molecule has 0 aliphatic heterocycles. The number of rotatable bonds is 7. The summed E-state index contributed by atoms with van der Waals surface area (Å²) in [4.78, 5) is 4.22. The Balaban J connectivity index is 1.98. The number of hydrogen-bond acceptors (Lipinski definition) is 4. The molecule has 0 aliphatic rings. The van der Waals surface area contributed by atoms with Gasteiger partial charge in [0.15, 0.2) is 0 Å². The van der Waals surface area contributed by atoms with Crippen molar-refractivity contribution in [2.75, 3.05) is 0 Å². The Morgan fingerprint density at radius 1 is 1.25 bits per heavy atom. The van der Waals surface area contributed by atoms with Gasteiger partial charge in [-0.15, -0.1) is 0 Å². The molecule has 0 fully saturated rings. The second kappa shape index (κ2) is 6.90. The molecule has 0 spiro atoms. The van der Waals surface area contributed by atoms with Crippen LogP contribution in [0.1, 0.15) is 43.8 Å². The summed E-state index contributed by atoms with van der Waals surface area (Å²) in [5.74, 6) is 1.61. The van der Waals surface area contributed by atoms with E-state index < -0.39 is 0 Å². The van der Waals surface area contributed by atoms with Crippen molar-refractivity contribution in [1.82, 2.24) is 20.1 Å². The van der Waals surface area contributed by atoms with Crippen LogP contribution in [0, 0.1) is 0 Å². The minimum atomic E-state index is 0.590. The molecule has 0 aliphatic carbocycles. The lowest BCUT2D eigenvalue weighted by molar-refractivity contribution is 0.435. The molecular formula is C14H21ClN4O. The van der Waals surface area contributed by atoms with Gasteiger partial charge in [-0.1, -0.05) is 25.4 Å². The maximum absolute atomic E-state index is 6.35. The highest BCUT2D eigenvalue weighted by molar-refractivity contribution is 6.31. The van der Waals surface area contributed by atoms with Crippen molar-refractivity contribution in [3.63, 3.8) is 0 Å². The number of hydrogen-bond donors (Lipinski definition) is 1. The lowest BCUT2D eigenvalue weighted by Gasteiger charge is -2.05. The fraction of sp³-hybridized carbons (Fsp3) is 0.571. The topological polar surface area (TPSA) is 55.9 Å². The van der Waals surface area contributed by atoms with Gasteiger partial charge in [-0.2, -0.15) is 5.10 Å². The molecule has 0 saturated carbocycles. The van der Waals surface area contributed by atoms with Gasteiger partial charge in [-0.05, 0) is 13.3 Å². The first kappa shape index (κ1) is 15.1. The van der Waals surface area contributed by atoms with E-state index in [1.807, 2.05) is 11.6 Å². The van der Waals surface area contributed by atoms with Crippen molar-refractivity contribution < 1.29 is 4.42 Å². The number of oxazole rings is 1. The smallest absolute Gasteiger partial charge is 0.208 e. The Hall–Kier alpha value is -1.33. The van der Waals surface area contributed by atoms with Gasteiger partial charge in [0.2, 0.25) is 5.89 Å². The van der Waals surface area contributed by atoms with Crippen molar-refractivity contribution in [2.45, 2.75) is 53.2 Å². The molecule has 20 heavy (non-hydrogen) atoms. The number of aromatic nitrogens is 3. The SMILES string of the molecule is CCc1cnc(CNCc2c(Cl)c(CC)nn2CC)o1. The zero-order valence-corrected chi connectivity index (χ0v) is 13.0. The van der Waals surface area contributed by atoms with Gasteiger partial charge >= 0.3 is 0 Å². The third-order valence-electron chi connectivity index (χ3n) is 3.21. The molecule has 1 N–H and O–H groups in total. The molecule has 2 aromatic heterocycles. The van der Waals surface area contributed by atoms with Crippen molar-refractivity contribution >= 4 is 11.6 Å². The second-order valence-electron chi connectivity index (χ2n) is 4.55. The zero-order valence-electron chi connectivity index (χ0n) is 12.2. The molecule has 2 heterocycles. The van der Waals surface area contributed by atoms with Crippen LogP contribution in [0.3, 0.4) is 0 Å². The van der Waals surface area contributed by atoms with Gasteiger partial charge < -0.3 is 9.73 Å². The molecule has 2 aromatic rings. The van der Waals surface area contributed by atoms with E-state index in [9.17, 15) is 0 Å². The third-order valence-corrected chi connectivity index (χ3v) is 3.65. The summed E-state index contributed by atoms with van der Waals surface area (Å²) in [6.45, 7) is 8.23. The van der Waals surface area contributed by atoms with E-state index >= 15 is 0 Å². The van der Waals surface area contributed by atoms with Gasteiger partial charge in [0.05, 0.1) is 29.2 Å². The lowest BCUT2D eigenvalue weighted by Crippen LogP contribution is -2.16. The van der Waals surface area contributed by atoms with E-state index in [4.69, 9.17) is 16.0 Å². The standard InChI is InChI=1S/C14H21ClN4O/c1-4-10-7-17-13(20-10)9-16-8-12-14(15)11(5-2)18-19(12)6-3/h7,16H,4-6,8-9H2,1-3H3. The minimum absolute atomic E-state index is 0.590. The molecule has 0 radical (unpaired) electrons. The monoisotopic (exact) mass is 296 g/mol. The van der Waals surface area contributed by atoms with Crippen LogP contribution in [0.2, 0.25) is 5.02 Å². The molecule has 0 atom stereocenters. The Labute approximate surface area is 124 Å². The molecule has 0 aromatic carbocycles. The van der Waals surface area contributed by atoms with Crippen molar-refractivity contribution in [3.8, 4) is 0 Å². The number of halogens is 1. The summed E-state index contributed by atoms with van der Waals surface area (Å²) < 4.78 is 7.50. The van der Waals surface area contributed by atoms with Crippen molar-refractivity contribution in [2.24, 2.45) is 0 Å². The maximum atomic E-state index is 6.35. The lowest BCUT2D eigenvalue weighted by atomic mass is 10.3.